The van der Waals surface area contributed by atoms with E-state index in [1.54, 1.807) is 13.0 Å². The van der Waals surface area contributed by atoms with Crippen LogP contribution < -0.4 is 5.32 Å². The molecule has 0 unspecified atom stereocenters. The number of benzene rings is 1. The molecule has 94 valence electrons. The van der Waals surface area contributed by atoms with Crippen molar-refractivity contribution in [3.05, 3.63) is 46.6 Å². The summed E-state index contributed by atoms with van der Waals surface area (Å²) >= 11 is 5.98. The standard InChI is InChI=1S/C12H12ClN3O2/c1-8-15-12(18-16-8)6-11(17)14-7-9-4-2-3-5-10(9)13/h2-5H,6-7H2,1H3,(H,14,17). The number of carbonyl (C=O) groups is 1. The predicted octanol–water partition coefficient (Wildman–Crippen LogP) is 1.89. The average Bonchev–Trinajstić information content (AvgIpc) is 2.74. The van der Waals surface area contributed by atoms with Gasteiger partial charge in [0, 0.05) is 11.6 Å². The zero-order chi connectivity index (χ0) is 13.0. The maximum absolute atomic E-state index is 11.6. The van der Waals surface area contributed by atoms with E-state index in [0.717, 1.165) is 5.56 Å². The lowest BCUT2D eigenvalue weighted by Gasteiger charge is -2.05. The van der Waals surface area contributed by atoms with Crippen LogP contribution in [-0.4, -0.2) is 16.0 Å². The van der Waals surface area contributed by atoms with Crippen LogP contribution in [0, 0.1) is 6.92 Å². The van der Waals surface area contributed by atoms with Crippen molar-refractivity contribution in [1.29, 1.82) is 0 Å². The minimum atomic E-state index is -0.182. The van der Waals surface area contributed by atoms with Gasteiger partial charge in [-0.25, -0.2) is 0 Å². The van der Waals surface area contributed by atoms with Crippen molar-refractivity contribution < 1.29 is 9.32 Å². The van der Waals surface area contributed by atoms with Gasteiger partial charge < -0.3 is 9.84 Å². The first-order chi connectivity index (χ1) is 8.65. The van der Waals surface area contributed by atoms with Crippen molar-refractivity contribution >= 4 is 17.5 Å². The Bertz CT molecular complexity index is 554. The predicted molar refractivity (Wildman–Crippen MR) is 66.0 cm³/mol. The van der Waals surface area contributed by atoms with Gasteiger partial charge in [0.2, 0.25) is 11.8 Å². The summed E-state index contributed by atoms with van der Waals surface area (Å²) in [7, 11) is 0. The third-order valence-electron chi connectivity index (χ3n) is 2.32. The minimum Gasteiger partial charge on any atom is -0.352 e. The smallest absolute Gasteiger partial charge is 0.236 e. The van der Waals surface area contributed by atoms with Gasteiger partial charge in [-0.2, -0.15) is 4.98 Å². The molecule has 1 aromatic carbocycles. The quantitative estimate of drug-likeness (QED) is 0.917. The number of carbonyl (C=O) groups excluding carboxylic acids is 1. The fourth-order valence-corrected chi connectivity index (χ4v) is 1.65. The van der Waals surface area contributed by atoms with E-state index in [4.69, 9.17) is 16.1 Å². The summed E-state index contributed by atoms with van der Waals surface area (Å²) in [6.07, 6.45) is 0.0747. The Morgan fingerprint density at radius 2 is 2.22 bits per heavy atom. The van der Waals surface area contributed by atoms with E-state index in [0.29, 0.717) is 23.3 Å². The van der Waals surface area contributed by atoms with E-state index >= 15 is 0 Å². The van der Waals surface area contributed by atoms with Gasteiger partial charge in [-0.05, 0) is 18.6 Å². The Morgan fingerprint density at radius 1 is 1.44 bits per heavy atom. The molecule has 5 nitrogen and oxygen atoms in total. The summed E-state index contributed by atoms with van der Waals surface area (Å²) in [6.45, 7) is 2.08. The van der Waals surface area contributed by atoms with Crippen LogP contribution in [0.1, 0.15) is 17.3 Å². The number of rotatable bonds is 4. The van der Waals surface area contributed by atoms with Gasteiger partial charge in [0.25, 0.3) is 0 Å². The van der Waals surface area contributed by atoms with Crippen LogP contribution in [0.25, 0.3) is 0 Å². The molecule has 0 atom stereocenters. The molecule has 1 N–H and O–H groups in total. The lowest BCUT2D eigenvalue weighted by molar-refractivity contribution is -0.120. The molecule has 18 heavy (non-hydrogen) atoms. The first-order valence-corrected chi connectivity index (χ1v) is 5.82. The molecule has 0 fully saturated rings. The van der Waals surface area contributed by atoms with Gasteiger partial charge in [-0.1, -0.05) is 35.0 Å². The van der Waals surface area contributed by atoms with Crippen LogP contribution in [0.4, 0.5) is 0 Å². The van der Waals surface area contributed by atoms with E-state index in [9.17, 15) is 4.79 Å². The molecule has 0 radical (unpaired) electrons. The average molecular weight is 266 g/mol. The monoisotopic (exact) mass is 265 g/mol. The van der Waals surface area contributed by atoms with Crippen LogP contribution in [0.2, 0.25) is 5.02 Å². The molecule has 0 aliphatic rings. The second-order valence-electron chi connectivity index (χ2n) is 3.78. The lowest BCUT2D eigenvalue weighted by Crippen LogP contribution is -2.24. The van der Waals surface area contributed by atoms with Gasteiger partial charge in [0.1, 0.15) is 6.42 Å². The zero-order valence-electron chi connectivity index (χ0n) is 9.81. The number of halogens is 1. The highest BCUT2D eigenvalue weighted by atomic mass is 35.5. The Hall–Kier alpha value is -1.88. The first-order valence-electron chi connectivity index (χ1n) is 5.44. The van der Waals surface area contributed by atoms with Crippen molar-refractivity contribution in [2.45, 2.75) is 19.9 Å². The maximum atomic E-state index is 11.6. The fraction of sp³-hybridized carbons (Fsp3) is 0.250. The minimum absolute atomic E-state index is 0.0747. The fourth-order valence-electron chi connectivity index (χ4n) is 1.45. The molecular weight excluding hydrogens is 254 g/mol. The summed E-state index contributed by atoms with van der Waals surface area (Å²) in [5.41, 5.74) is 0.870. The van der Waals surface area contributed by atoms with E-state index in [1.807, 2.05) is 18.2 Å². The summed E-state index contributed by atoms with van der Waals surface area (Å²) in [5, 5.41) is 6.99. The molecule has 6 heteroatoms. The van der Waals surface area contributed by atoms with Crippen LogP contribution in [0.15, 0.2) is 28.8 Å². The van der Waals surface area contributed by atoms with Crippen molar-refractivity contribution in [2.75, 3.05) is 0 Å². The Balaban J connectivity index is 1.87. The number of nitrogens with zero attached hydrogens (tertiary/aromatic N) is 2. The second-order valence-corrected chi connectivity index (χ2v) is 4.19. The normalized spacial score (nSPS) is 10.3. The van der Waals surface area contributed by atoms with Crippen LogP contribution >= 0.6 is 11.6 Å². The van der Waals surface area contributed by atoms with Gasteiger partial charge in [0.15, 0.2) is 5.82 Å². The van der Waals surface area contributed by atoms with Crippen molar-refractivity contribution in [2.24, 2.45) is 0 Å². The Morgan fingerprint density at radius 3 is 2.89 bits per heavy atom. The molecule has 2 rings (SSSR count). The highest BCUT2D eigenvalue weighted by Gasteiger charge is 2.09. The topological polar surface area (TPSA) is 68.0 Å². The third-order valence-corrected chi connectivity index (χ3v) is 2.68. The zero-order valence-corrected chi connectivity index (χ0v) is 10.6. The number of aromatic nitrogens is 2. The molecule has 0 bridgehead atoms. The van der Waals surface area contributed by atoms with Crippen molar-refractivity contribution in [3.63, 3.8) is 0 Å². The number of nitrogens with one attached hydrogen (secondary N) is 1. The molecule has 0 aliphatic heterocycles. The SMILES string of the molecule is Cc1noc(CC(=O)NCc2ccccc2Cl)n1. The van der Waals surface area contributed by atoms with E-state index < -0.39 is 0 Å². The van der Waals surface area contributed by atoms with Crippen LogP contribution in [0.3, 0.4) is 0 Å². The third kappa shape index (κ3) is 3.30. The molecule has 1 aromatic heterocycles. The van der Waals surface area contributed by atoms with Gasteiger partial charge in [0.05, 0.1) is 0 Å². The Labute approximate surface area is 109 Å². The van der Waals surface area contributed by atoms with E-state index in [-0.39, 0.29) is 12.3 Å². The largest absolute Gasteiger partial charge is 0.352 e. The molecule has 2 aromatic rings. The summed E-state index contributed by atoms with van der Waals surface area (Å²) in [5.74, 6) is 0.645. The van der Waals surface area contributed by atoms with Crippen LogP contribution in [-0.2, 0) is 17.8 Å². The number of amides is 1. The van der Waals surface area contributed by atoms with Gasteiger partial charge in [-0.15, -0.1) is 0 Å². The van der Waals surface area contributed by atoms with E-state index in [2.05, 4.69) is 15.5 Å². The van der Waals surface area contributed by atoms with Gasteiger partial charge in [-0.3, -0.25) is 4.79 Å². The van der Waals surface area contributed by atoms with Crippen molar-refractivity contribution in [3.8, 4) is 0 Å². The van der Waals surface area contributed by atoms with E-state index in [1.165, 1.54) is 0 Å². The van der Waals surface area contributed by atoms with Crippen LogP contribution in [0.5, 0.6) is 0 Å². The van der Waals surface area contributed by atoms with Gasteiger partial charge >= 0.3 is 0 Å². The lowest BCUT2D eigenvalue weighted by atomic mass is 10.2. The summed E-state index contributed by atoms with van der Waals surface area (Å²) in [4.78, 5) is 15.6. The highest BCUT2D eigenvalue weighted by Crippen LogP contribution is 2.14. The number of aryl methyl sites for hydroxylation is 1. The number of hydrogen-bond donors (Lipinski definition) is 1. The highest BCUT2D eigenvalue weighted by molar-refractivity contribution is 6.31. The molecule has 0 saturated carbocycles. The maximum Gasteiger partial charge on any atom is 0.236 e. The molecular formula is C12H12ClN3O2. The molecule has 1 heterocycles. The van der Waals surface area contributed by atoms with Crippen molar-refractivity contribution in [1.82, 2.24) is 15.5 Å². The second kappa shape index (κ2) is 5.64. The number of hydrogen-bond acceptors (Lipinski definition) is 4. The first kappa shape index (κ1) is 12.6. The molecule has 0 aliphatic carbocycles. The molecule has 0 spiro atoms. The summed E-state index contributed by atoms with van der Waals surface area (Å²) < 4.78 is 4.86. The molecule has 1 amide bonds. The Kier molecular flexibility index (Phi) is 3.94. The molecule has 0 saturated heterocycles. The summed E-state index contributed by atoms with van der Waals surface area (Å²) in [6, 6.07) is 7.35.